The number of allylic oxidation sites excluding steroid dienone is 4. The van der Waals surface area contributed by atoms with Crippen LogP contribution in [0.5, 0.6) is 0 Å². The molecule has 1 atom stereocenters. The van der Waals surface area contributed by atoms with E-state index in [4.69, 9.17) is 5.11 Å². The summed E-state index contributed by atoms with van der Waals surface area (Å²) in [6, 6.07) is 0. The minimum atomic E-state index is 0. The highest BCUT2D eigenvalue weighted by molar-refractivity contribution is 5.31. The van der Waals surface area contributed by atoms with Crippen molar-refractivity contribution in [2.24, 2.45) is 23.7 Å². The van der Waals surface area contributed by atoms with Crippen molar-refractivity contribution < 1.29 is 10.6 Å². The van der Waals surface area contributed by atoms with E-state index in [0.717, 1.165) is 18.9 Å². The van der Waals surface area contributed by atoms with Gasteiger partial charge < -0.3 is 10.6 Å². The summed E-state index contributed by atoms with van der Waals surface area (Å²) in [6.45, 7) is 13.9. The van der Waals surface area contributed by atoms with Crippen LogP contribution in [0.3, 0.4) is 0 Å². The largest absolute Gasteiger partial charge is 0.412 e. The summed E-state index contributed by atoms with van der Waals surface area (Å²) in [4.78, 5) is 0. The molecule has 1 aliphatic carbocycles. The summed E-state index contributed by atoms with van der Waals surface area (Å²) < 4.78 is 0. The van der Waals surface area contributed by atoms with Gasteiger partial charge in [-0.25, -0.2) is 0 Å². The number of aliphatic hydroxyl groups excluding tert-OH is 1. The van der Waals surface area contributed by atoms with Gasteiger partial charge in [0, 0.05) is 7.11 Å². The molecule has 0 saturated heterocycles. The SMILES string of the molecule is CC(C)C1=CC(C(C)C)CC(C(C)C)=C1.CO.O. The summed E-state index contributed by atoms with van der Waals surface area (Å²) >= 11 is 0. The van der Waals surface area contributed by atoms with E-state index in [0.29, 0.717) is 11.8 Å². The van der Waals surface area contributed by atoms with Gasteiger partial charge in [-0.05, 0) is 35.7 Å². The standard InChI is InChI=1S/C15H26.CH4O.H2O/c1-10(2)13-7-14(11(3)4)9-15(8-13)12(5)6;1-2;/h7-8,10-12,14H,9H2,1-6H3;2H,1H3;1H2. The highest BCUT2D eigenvalue weighted by atomic mass is 16.2. The third-order valence-electron chi connectivity index (χ3n) is 3.49. The van der Waals surface area contributed by atoms with Crippen LogP contribution >= 0.6 is 0 Å². The van der Waals surface area contributed by atoms with Crippen LogP contribution < -0.4 is 0 Å². The number of rotatable bonds is 3. The normalized spacial score (nSPS) is 18.9. The predicted molar refractivity (Wildman–Crippen MR) is 80.5 cm³/mol. The molecule has 0 aromatic rings. The average molecular weight is 256 g/mol. The van der Waals surface area contributed by atoms with Crippen LogP contribution in [0.25, 0.3) is 0 Å². The van der Waals surface area contributed by atoms with Gasteiger partial charge in [-0.1, -0.05) is 59.3 Å². The van der Waals surface area contributed by atoms with Gasteiger partial charge in [-0.2, -0.15) is 0 Å². The maximum atomic E-state index is 7.00. The topological polar surface area (TPSA) is 51.7 Å². The third-order valence-corrected chi connectivity index (χ3v) is 3.49. The summed E-state index contributed by atoms with van der Waals surface area (Å²) in [7, 11) is 1.00. The van der Waals surface area contributed by atoms with Crippen molar-refractivity contribution in [3.05, 3.63) is 23.3 Å². The Morgan fingerprint density at radius 1 is 1.00 bits per heavy atom. The molecule has 0 heterocycles. The molecular formula is C16H32O2. The van der Waals surface area contributed by atoms with Crippen molar-refractivity contribution in [3.8, 4) is 0 Å². The first kappa shape index (κ1) is 19.7. The molecule has 0 aromatic heterocycles. The maximum Gasteiger partial charge on any atom is 0.0319 e. The molecular weight excluding hydrogens is 224 g/mol. The molecule has 0 radical (unpaired) electrons. The Hall–Kier alpha value is -0.600. The molecule has 0 fully saturated rings. The Morgan fingerprint density at radius 2 is 1.50 bits per heavy atom. The molecule has 2 heteroatoms. The van der Waals surface area contributed by atoms with E-state index >= 15 is 0 Å². The van der Waals surface area contributed by atoms with Crippen LogP contribution in [0.4, 0.5) is 0 Å². The zero-order chi connectivity index (χ0) is 13.6. The summed E-state index contributed by atoms with van der Waals surface area (Å²) in [5, 5.41) is 7.00. The van der Waals surface area contributed by atoms with Crippen molar-refractivity contribution in [3.63, 3.8) is 0 Å². The van der Waals surface area contributed by atoms with Crippen molar-refractivity contribution >= 4 is 0 Å². The van der Waals surface area contributed by atoms with Gasteiger partial charge in [-0.15, -0.1) is 0 Å². The third kappa shape index (κ3) is 5.83. The van der Waals surface area contributed by atoms with Crippen LogP contribution in [-0.4, -0.2) is 17.7 Å². The first-order valence-corrected chi connectivity index (χ1v) is 6.78. The van der Waals surface area contributed by atoms with E-state index in [2.05, 4.69) is 53.7 Å². The number of aliphatic hydroxyl groups is 1. The minimum absolute atomic E-state index is 0. The molecule has 0 saturated carbocycles. The fraction of sp³-hybridized carbons (Fsp3) is 0.750. The first-order valence-electron chi connectivity index (χ1n) is 6.78. The Labute approximate surface area is 113 Å². The van der Waals surface area contributed by atoms with Gasteiger partial charge >= 0.3 is 0 Å². The molecule has 1 unspecified atom stereocenters. The molecule has 0 aliphatic heterocycles. The second-order valence-corrected chi connectivity index (χ2v) is 5.81. The van der Waals surface area contributed by atoms with Crippen molar-refractivity contribution in [1.82, 2.24) is 0 Å². The lowest BCUT2D eigenvalue weighted by molar-refractivity contribution is 0.399. The van der Waals surface area contributed by atoms with Crippen LogP contribution in [0, 0.1) is 23.7 Å². The highest BCUT2D eigenvalue weighted by Gasteiger charge is 2.20. The van der Waals surface area contributed by atoms with E-state index in [1.807, 2.05) is 0 Å². The lowest BCUT2D eigenvalue weighted by atomic mass is 9.78. The molecule has 1 rings (SSSR count). The fourth-order valence-electron chi connectivity index (χ4n) is 2.09. The highest BCUT2D eigenvalue weighted by Crippen LogP contribution is 2.34. The monoisotopic (exact) mass is 256 g/mol. The predicted octanol–water partition coefficient (Wildman–Crippen LogP) is 3.61. The summed E-state index contributed by atoms with van der Waals surface area (Å²) in [5.74, 6) is 2.89. The van der Waals surface area contributed by atoms with Gasteiger partial charge in [0.2, 0.25) is 0 Å². The first-order chi connectivity index (χ1) is 7.91. The van der Waals surface area contributed by atoms with Crippen LogP contribution in [-0.2, 0) is 0 Å². The lowest BCUT2D eigenvalue weighted by Gasteiger charge is -2.28. The Bertz CT molecular complexity index is 273. The smallest absolute Gasteiger partial charge is 0.0319 e. The average Bonchev–Trinajstić information content (AvgIpc) is 2.30. The number of hydrogen-bond acceptors (Lipinski definition) is 1. The molecule has 1 aliphatic rings. The van der Waals surface area contributed by atoms with Crippen LogP contribution in [0.15, 0.2) is 23.3 Å². The van der Waals surface area contributed by atoms with Gasteiger partial charge in [-0.3, -0.25) is 0 Å². The van der Waals surface area contributed by atoms with E-state index in [1.165, 1.54) is 6.42 Å². The minimum Gasteiger partial charge on any atom is -0.412 e. The quantitative estimate of drug-likeness (QED) is 0.824. The molecule has 18 heavy (non-hydrogen) atoms. The van der Waals surface area contributed by atoms with Crippen LogP contribution in [0.2, 0.25) is 0 Å². The summed E-state index contributed by atoms with van der Waals surface area (Å²) in [6.07, 6.45) is 6.21. The number of hydrogen-bond donors (Lipinski definition) is 1. The van der Waals surface area contributed by atoms with E-state index < -0.39 is 0 Å². The van der Waals surface area contributed by atoms with Crippen LogP contribution in [0.1, 0.15) is 48.0 Å². The molecule has 3 N–H and O–H groups in total. The summed E-state index contributed by atoms with van der Waals surface area (Å²) in [5.41, 5.74) is 3.18. The van der Waals surface area contributed by atoms with Gasteiger partial charge in [0.05, 0.1) is 0 Å². The van der Waals surface area contributed by atoms with Crippen molar-refractivity contribution in [1.29, 1.82) is 0 Å². The second kappa shape index (κ2) is 9.35. The zero-order valence-electron chi connectivity index (χ0n) is 13.1. The molecule has 2 nitrogen and oxygen atoms in total. The van der Waals surface area contributed by atoms with Crippen molar-refractivity contribution in [2.45, 2.75) is 48.0 Å². The zero-order valence-corrected chi connectivity index (χ0v) is 13.1. The molecule has 0 aromatic carbocycles. The van der Waals surface area contributed by atoms with Crippen molar-refractivity contribution in [2.75, 3.05) is 7.11 Å². The lowest BCUT2D eigenvalue weighted by Crippen LogP contribution is -2.15. The fourth-order valence-corrected chi connectivity index (χ4v) is 2.09. The maximum absolute atomic E-state index is 7.00. The molecule has 0 spiro atoms. The van der Waals surface area contributed by atoms with Gasteiger partial charge in [0.15, 0.2) is 0 Å². The Balaban J connectivity index is 0. The van der Waals surface area contributed by atoms with Gasteiger partial charge in [0.1, 0.15) is 0 Å². The molecule has 0 bridgehead atoms. The Morgan fingerprint density at radius 3 is 1.83 bits per heavy atom. The molecule has 0 amide bonds. The second-order valence-electron chi connectivity index (χ2n) is 5.81. The van der Waals surface area contributed by atoms with E-state index in [9.17, 15) is 0 Å². The van der Waals surface area contributed by atoms with Gasteiger partial charge in [0.25, 0.3) is 0 Å². The van der Waals surface area contributed by atoms with E-state index in [1.54, 1.807) is 11.1 Å². The Kier molecular flexibility index (Phi) is 10.2. The molecule has 108 valence electrons. The van der Waals surface area contributed by atoms with E-state index in [-0.39, 0.29) is 5.48 Å².